The lowest BCUT2D eigenvalue weighted by molar-refractivity contribution is -0.128. The molecule has 0 aliphatic carbocycles. The Balaban J connectivity index is 1.88. The molecule has 1 unspecified atom stereocenters. The Kier molecular flexibility index (Phi) is 6.02. The second-order valence-electron chi connectivity index (χ2n) is 6.27. The lowest BCUT2D eigenvalue weighted by Crippen LogP contribution is -2.29. The minimum absolute atomic E-state index is 0.0827. The van der Waals surface area contributed by atoms with E-state index in [0.717, 1.165) is 30.8 Å². The molecular weight excluding hydrogens is 292 g/mol. The quantitative estimate of drug-likeness (QED) is 0.840. The lowest BCUT2D eigenvalue weighted by atomic mass is 10.1. The van der Waals surface area contributed by atoms with E-state index in [4.69, 9.17) is 4.74 Å². The van der Waals surface area contributed by atoms with Gasteiger partial charge in [0.2, 0.25) is 11.8 Å². The fourth-order valence-corrected chi connectivity index (χ4v) is 2.65. The van der Waals surface area contributed by atoms with Gasteiger partial charge in [-0.15, -0.1) is 0 Å². The van der Waals surface area contributed by atoms with Crippen LogP contribution in [0.25, 0.3) is 0 Å². The first-order valence-electron chi connectivity index (χ1n) is 8.35. The average Bonchev–Trinajstić information content (AvgIpc) is 2.88. The highest BCUT2D eigenvalue weighted by Crippen LogP contribution is 2.22. The van der Waals surface area contributed by atoms with Crippen LogP contribution in [0, 0.1) is 5.92 Å². The largest absolute Gasteiger partial charge is 0.491 e. The molecule has 1 N–H and O–H groups in total. The van der Waals surface area contributed by atoms with Crippen molar-refractivity contribution in [3.8, 4) is 5.75 Å². The fourth-order valence-electron chi connectivity index (χ4n) is 2.65. The molecule has 0 radical (unpaired) electrons. The van der Waals surface area contributed by atoms with Gasteiger partial charge in [0.1, 0.15) is 5.75 Å². The van der Waals surface area contributed by atoms with Crippen molar-refractivity contribution in [2.24, 2.45) is 5.92 Å². The van der Waals surface area contributed by atoms with E-state index < -0.39 is 0 Å². The summed E-state index contributed by atoms with van der Waals surface area (Å²) in [5.41, 5.74) is 0.727. The molecular formula is C18H26N2O3. The summed E-state index contributed by atoms with van der Waals surface area (Å²) in [7, 11) is 0. The third-order valence-corrected chi connectivity index (χ3v) is 3.86. The van der Waals surface area contributed by atoms with E-state index in [1.165, 1.54) is 0 Å². The van der Waals surface area contributed by atoms with Crippen molar-refractivity contribution < 1.29 is 14.3 Å². The highest BCUT2D eigenvalue weighted by atomic mass is 16.5. The maximum Gasteiger partial charge on any atom is 0.229 e. The molecule has 0 spiro atoms. The van der Waals surface area contributed by atoms with Crippen molar-refractivity contribution in [2.75, 3.05) is 18.4 Å². The molecule has 5 heteroatoms. The van der Waals surface area contributed by atoms with Gasteiger partial charge in [-0.2, -0.15) is 0 Å². The van der Waals surface area contributed by atoms with Crippen LogP contribution in [0.2, 0.25) is 0 Å². The van der Waals surface area contributed by atoms with Gasteiger partial charge in [-0.3, -0.25) is 9.59 Å². The number of benzene rings is 1. The molecule has 2 amide bonds. The smallest absolute Gasteiger partial charge is 0.229 e. The molecule has 1 fully saturated rings. The number of hydrogen-bond donors (Lipinski definition) is 1. The Bertz CT molecular complexity index is 540. The molecule has 0 aromatic heterocycles. The summed E-state index contributed by atoms with van der Waals surface area (Å²) in [5, 5.41) is 2.89. The van der Waals surface area contributed by atoms with Crippen LogP contribution in [-0.4, -0.2) is 35.9 Å². The minimum atomic E-state index is -0.258. The van der Waals surface area contributed by atoms with E-state index in [1.54, 1.807) is 4.90 Å². The van der Waals surface area contributed by atoms with Crippen LogP contribution in [0.1, 0.15) is 40.0 Å². The van der Waals surface area contributed by atoms with Crippen LogP contribution < -0.4 is 10.1 Å². The van der Waals surface area contributed by atoms with Crippen molar-refractivity contribution in [1.82, 2.24) is 4.90 Å². The molecule has 1 aromatic rings. The second kappa shape index (κ2) is 7.99. The summed E-state index contributed by atoms with van der Waals surface area (Å²) >= 11 is 0. The van der Waals surface area contributed by atoms with Gasteiger partial charge in [0.15, 0.2) is 0 Å². The van der Waals surface area contributed by atoms with Gasteiger partial charge in [0, 0.05) is 25.2 Å². The number of anilines is 1. The number of rotatable bonds is 7. The summed E-state index contributed by atoms with van der Waals surface area (Å²) in [6.45, 7) is 7.31. The molecule has 23 heavy (non-hydrogen) atoms. The standard InChI is InChI=1S/C18H26N2O3/c1-4-5-10-20-12-14(11-17(20)21)18(22)19-15-6-8-16(9-7-15)23-13(2)3/h6-9,13-14H,4-5,10-12H2,1-3H3,(H,19,22). The van der Waals surface area contributed by atoms with E-state index in [2.05, 4.69) is 12.2 Å². The molecule has 1 heterocycles. The van der Waals surface area contributed by atoms with E-state index >= 15 is 0 Å². The predicted octanol–water partition coefficient (Wildman–Crippen LogP) is 3.06. The number of ether oxygens (including phenoxy) is 1. The number of carbonyl (C=O) groups is 2. The van der Waals surface area contributed by atoms with Gasteiger partial charge in [-0.25, -0.2) is 0 Å². The SMILES string of the molecule is CCCCN1CC(C(=O)Nc2ccc(OC(C)C)cc2)CC1=O. The topological polar surface area (TPSA) is 58.6 Å². The van der Waals surface area contributed by atoms with Gasteiger partial charge in [-0.1, -0.05) is 13.3 Å². The number of nitrogens with zero attached hydrogens (tertiary/aromatic N) is 1. The van der Waals surface area contributed by atoms with Crippen LogP contribution in [0.5, 0.6) is 5.75 Å². The Morgan fingerprint density at radius 3 is 2.65 bits per heavy atom. The number of nitrogens with one attached hydrogen (secondary N) is 1. The summed E-state index contributed by atoms with van der Waals surface area (Å²) in [6, 6.07) is 7.31. The predicted molar refractivity (Wildman–Crippen MR) is 90.4 cm³/mol. The molecule has 1 aliphatic rings. The highest BCUT2D eigenvalue weighted by Gasteiger charge is 2.33. The Morgan fingerprint density at radius 1 is 1.35 bits per heavy atom. The van der Waals surface area contributed by atoms with E-state index in [9.17, 15) is 9.59 Å². The first-order valence-corrected chi connectivity index (χ1v) is 8.35. The van der Waals surface area contributed by atoms with Crippen molar-refractivity contribution >= 4 is 17.5 Å². The monoisotopic (exact) mass is 318 g/mol. The maximum atomic E-state index is 12.3. The van der Waals surface area contributed by atoms with E-state index in [0.29, 0.717) is 13.0 Å². The number of unbranched alkanes of at least 4 members (excludes halogenated alkanes) is 1. The molecule has 1 aromatic carbocycles. The Hall–Kier alpha value is -2.04. The van der Waals surface area contributed by atoms with Gasteiger partial charge in [-0.05, 0) is 44.5 Å². The molecule has 0 saturated carbocycles. The second-order valence-corrected chi connectivity index (χ2v) is 6.27. The summed E-state index contributed by atoms with van der Waals surface area (Å²) < 4.78 is 5.58. The number of hydrogen-bond acceptors (Lipinski definition) is 3. The van der Waals surface area contributed by atoms with Gasteiger partial charge in [0.05, 0.1) is 12.0 Å². The zero-order valence-corrected chi connectivity index (χ0v) is 14.2. The van der Waals surface area contributed by atoms with Crippen LogP contribution in [0.3, 0.4) is 0 Å². The first kappa shape index (κ1) is 17.3. The number of carbonyl (C=O) groups excluding carboxylic acids is 2. The number of likely N-dealkylation sites (tertiary alicyclic amines) is 1. The van der Waals surface area contributed by atoms with E-state index in [-0.39, 0.29) is 23.8 Å². The first-order chi connectivity index (χ1) is 11.0. The van der Waals surface area contributed by atoms with Crippen LogP contribution in [-0.2, 0) is 9.59 Å². The maximum absolute atomic E-state index is 12.3. The van der Waals surface area contributed by atoms with Gasteiger partial charge in [0.25, 0.3) is 0 Å². The van der Waals surface area contributed by atoms with Crippen LogP contribution in [0.15, 0.2) is 24.3 Å². The zero-order chi connectivity index (χ0) is 16.8. The van der Waals surface area contributed by atoms with Crippen molar-refractivity contribution in [1.29, 1.82) is 0 Å². The highest BCUT2D eigenvalue weighted by molar-refractivity contribution is 5.97. The summed E-state index contributed by atoms with van der Waals surface area (Å²) in [5.74, 6) is 0.514. The Labute approximate surface area is 138 Å². The molecule has 2 rings (SSSR count). The zero-order valence-electron chi connectivity index (χ0n) is 14.2. The fraction of sp³-hybridized carbons (Fsp3) is 0.556. The molecule has 1 atom stereocenters. The third-order valence-electron chi connectivity index (χ3n) is 3.86. The van der Waals surface area contributed by atoms with E-state index in [1.807, 2.05) is 38.1 Å². The lowest BCUT2D eigenvalue weighted by Gasteiger charge is -2.16. The van der Waals surface area contributed by atoms with Crippen LogP contribution in [0.4, 0.5) is 5.69 Å². The summed E-state index contributed by atoms with van der Waals surface area (Å²) in [4.78, 5) is 26.0. The molecule has 0 bridgehead atoms. The molecule has 1 aliphatic heterocycles. The van der Waals surface area contributed by atoms with Gasteiger partial charge >= 0.3 is 0 Å². The normalized spacial score (nSPS) is 17.7. The minimum Gasteiger partial charge on any atom is -0.491 e. The molecule has 126 valence electrons. The molecule has 5 nitrogen and oxygen atoms in total. The van der Waals surface area contributed by atoms with Crippen molar-refractivity contribution in [2.45, 2.75) is 46.1 Å². The average molecular weight is 318 g/mol. The Morgan fingerprint density at radius 2 is 2.04 bits per heavy atom. The molecule has 1 saturated heterocycles. The van der Waals surface area contributed by atoms with Crippen molar-refractivity contribution in [3.05, 3.63) is 24.3 Å². The number of amides is 2. The third kappa shape index (κ3) is 4.98. The van der Waals surface area contributed by atoms with Gasteiger partial charge < -0.3 is 15.0 Å². The van der Waals surface area contributed by atoms with Crippen molar-refractivity contribution in [3.63, 3.8) is 0 Å². The van der Waals surface area contributed by atoms with Crippen LogP contribution >= 0.6 is 0 Å². The summed E-state index contributed by atoms with van der Waals surface area (Å²) in [6.07, 6.45) is 2.46.